The number of nitrogens with one attached hydrogen (secondary N) is 1. The maximum Gasteiger partial charge on any atom is 0.311 e. The summed E-state index contributed by atoms with van der Waals surface area (Å²) in [6, 6.07) is 19.8. The van der Waals surface area contributed by atoms with Crippen LogP contribution in [0.15, 0.2) is 72.8 Å². The molecule has 0 spiro atoms. The summed E-state index contributed by atoms with van der Waals surface area (Å²) in [4.78, 5) is 38.5. The molecule has 0 saturated carbocycles. The van der Waals surface area contributed by atoms with Crippen molar-refractivity contribution in [2.45, 2.75) is 19.0 Å². The summed E-state index contributed by atoms with van der Waals surface area (Å²) in [5, 5.41) is 13.8. The van der Waals surface area contributed by atoms with E-state index in [2.05, 4.69) is 5.32 Å². The van der Waals surface area contributed by atoms with Gasteiger partial charge < -0.3 is 24.4 Å². The third kappa shape index (κ3) is 7.20. The molecule has 0 fully saturated rings. The van der Waals surface area contributed by atoms with Crippen LogP contribution in [-0.2, 0) is 22.6 Å². The van der Waals surface area contributed by atoms with Crippen LogP contribution in [0.5, 0.6) is 17.2 Å². The van der Waals surface area contributed by atoms with Gasteiger partial charge in [-0.05, 0) is 29.3 Å². The second kappa shape index (κ2) is 12.9. The van der Waals surface area contributed by atoms with Crippen molar-refractivity contribution in [1.29, 1.82) is 0 Å². The van der Waals surface area contributed by atoms with Gasteiger partial charge in [-0.25, -0.2) is 0 Å². The Morgan fingerprint density at radius 2 is 1.68 bits per heavy atom. The third-order valence-electron chi connectivity index (χ3n) is 5.71. The van der Waals surface area contributed by atoms with Crippen molar-refractivity contribution in [3.8, 4) is 17.2 Å². The molecule has 0 heterocycles. The van der Waals surface area contributed by atoms with Gasteiger partial charge in [0.25, 0.3) is 5.91 Å². The quantitative estimate of drug-likeness (QED) is 0.295. The molecule has 3 aromatic carbocycles. The van der Waals surface area contributed by atoms with E-state index >= 15 is 0 Å². The van der Waals surface area contributed by atoms with Gasteiger partial charge in [-0.2, -0.15) is 0 Å². The molecule has 37 heavy (non-hydrogen) atoms. The van der Waals surface area contributed by atoms with Crippen molar-refractivity contribution < 1.29 is 28.7 Å². The van der Waals surface area contributed by atoms with Gasteiger partial charge in [0.1, 0.15) is 17.5 Å². The molecule has 10 heteroatoms. The Morgan fingerprint density at radius 3 is 2.32 bits per heavy atom. The molecule has 1 unspecified atom stereocenters. The van der Waals surface area contributed by atoms with Crippen molar-refractivity contribution >= 4 is 17.5 Å². The van der Waals surface area contributed by atoms with Crippen LogP contribution in [0.3, 0.4) is 0 Å². The van der Waals surface area contributed by atoms with Gasteiger partial charge in [0, 0.05) is 32.1 Å². The Bertz CT molecular complexity index is 1230. The highest BCUT2D eigenvalue weighted by Crippen LogP contribution is 2.31. The highest BCUT2D eigenvalue weighted by molar-refractivity contribution is 5.88. The van der Waals surface area contributed by atoms with Crippen LogP contribution in [0, 0.1) is 10.1 Å². The number of carbonyl (C=O) groups excluding carboxylic acids is 2. The molecule has 0 aromatic heterocycles. The van der Waals surface area contributed by atoms with Gasteiger partial charge >= 0.3 is 5.69 Å². The number of likely N-dealkylation sites (N-methyl/N-ethyl adjacent to an activating group) is 1. The molecule has 3 aromatic rings. The van der Waals surface area contributed by atoms with E-state index in [0.717, 1.165) is 11.1 Å². The van der Waals surface area contributed by atoms with Gasteiger partial charge in [0.2, 0.25) is 11.7 Å². The Hall–Kier alpha value is -4.60. The molecule has 10 nitrogen and oxygen atoms in total. The number of methoxy groups -OCH3 is 2. The highest BCUT2D eigenvalue weighted by atomic mass is 16.6. The summed E-state index contributed by atoms with van der Waals surface area (Å²) in [7, 11) is 4.38. The Morgan fingerprint density at radius 1 is 0.946 bits per heavy atom. The fourth-order valence-corrected chi connectivity index (χ4v) is 3.81. The van der Waals surface area contributed by atoms with E-state index in [1.807, 2.05) is 42.5 Å². The zero-order valence-electron chi connectivity index (χ0n) is 20.9. The molecule has 0 aliphatic rings. The predicted octanol–water partition coefficient (Wildman–Crippen LogP) is 3.38. The standard InChI is InChI=1S/C27H29N3O7/c1-28-27(32)24(15-19-8-5-4-6-9-19)29(17-20-10-7-11-21(14-20)35-2)26(31)18-37-22-12-13-23(30(33)34)25(16-22)36-3/h4-14,16,24H,15,17-18H2,1-3H3,(H,28,32). The summed E-state index contributed by atoms with van der Waals surface area (Å²) in [6.07, 6.45) is 0.293. The lowest BCUT2D eigenvalue weighted by molar-refractivity contribution is -0.385. The first-order chi connectivity index (χ1) is 17.9. The fraction of sp³-hybridized carbons (Fsp3) is 0.259. The van der Waals surface area contributed by atoms with Crippen LogP contribution in [0.1, 0.15) is 11.1 Å². The largest absolute Gasteiger partial charge is 0.497 e. The van der Waals surface area contributed by atoms with Gasteiger partial charge in [-0.15, -0.1) is 0 Å². The molecule has 0 aliphatic carbocycles. The zero-order chi connectivity index (χ0) is 26.8. The molecule has 0 bridgehead atoms. The monoisotopic (exact) mass is 507 g/mol. The molecule has 1 atom stereocenters. The Kier molecular flexibility index (Phi) is 9.42. The minimum atomic E-state index is -0.818. The molecule has 0 radical (unpaired) electrons. The Labute approximate surface area is 214 Å². The van der Waals surface area contributed by atoms with Gasteiger partial charge in [-0.3, -0.25) is 19.7 Å². The lowest BCUT2D eigenvalue weighted by atomic mass is 10.0. The van der Waals surface area contributed by atoms with Crippen LogP contribution < -0.4 is 19.5 Å². The first-order valence-electron chi connectivity index (χ1n) is 11.5. The third-order valence-corrected chi connectivity index (χ3v) is 5.71. The number of rotatable bonds is 12. The summed E-state index contributed by atoms with van der Waals surface area (Å²) >= 11 is 0. The summed E-state index contributed by atoms with van der Waals surface area (Å²) < 4.78 is 16.1. The molecule has 1 N–H and O–H groups in total. The minimum absolute atomic E-state index is 0.00972. The lowest BCUT2D eigenvalue weighted by Crippen LogP contribution is -2.51. The maximum absolute atomic E-state index is 13.5. The summed E-state index contributed by atoms with van der Waals surface area (Å²) in [5.41, 5.74) is 1.44. The molecule has 0 saturated heterocycles. The molecule has 0 aliphatic heterocycles. The van der Waals surface area contributed by atoms with E-state index < -0.39 is 23.5 Å². The van der Waals surface area contributed by atoms with E-state index in [4.69, 9.17) is 14.2 Å². The zero-order valence-corrected chi connectivity index (χ0v) is 20.9. The number of nitro groups is 1. The number of hydrogen-bond donors (Lipinski definition) is 1. The van der Waals surface area contributed by atoms with Gasteiger partial charge in [-0.1, -0.05) is 42.5 Å². The highest BCUT2D eigenvalue weighted by Gasteiger charge is 2.30. The van der Waals surface area contributed by atoms with Crippen LogP contribution in [0.25, 0.3) is 0 Å². The molecule has 3 rings (SSSR count). The van der Waals surface area contributed by atoms with Crippen LogP contribution >= 0.6 is 0 Å². The molecular weight excluding hydrogens is 478 g/mol. The normalized spacial score (nSPS) is 11.2. The van der Waals surface area contributed by atoms with E-state index in [0.29, 0.717) is 12.2 Å². The Balaban J connectivity index is 1.89. The maximum atomic E-state index is 13.5. The van der Waals surface area contributed by atoms with Gasteiger partial charge in [0.15, 0.2) is 6.61 Å². The SMILES string of the molecule is CNC(=O)C(Cc1ccccc1)N(Cc1cccc(OC)c1)C(=O)COc1ccc([N+](=O)[O-])c(OC)c1. The average molecular weight is 508 g/mol. The number of amides is 2. The second-order valence-electron chi connectivity index (χ2n) is 8.07. The van der Waals surface area contributed by atoms with Crippen molar-refractivity contribution in [3.05, 3.63) is 94.0 Å². The molecule has 194 valence electrons. The smallest absolute Gasteiger partial charge is 0.311 e. The summed E-state index contributed by atoms with van der Waals surface area (Å²) in [5.74, 6) is 0.0904. The molecule has 2 amide bonds. The number of nitrogens with zero attached hydrogens (tertiary/aromatic N) is 2. The van der Waals surface area contributed by atoms with Crippen LogP contribution in [-0.4, -0.2) is 55.6 Å². The van der Waals surface area contributed by atoms with E-state index in [1.165, 1.54) is 37.3 Å². The minimum Gasteiger partial charge on any atom is -0.497 e. The van der Waals surface area contributed by atoms with Crippen molar-refractivity contribution in [1.82, 2.24) is 10.2 Å². The fourth-order valence-electron chi connectivity index (χ4n) is 3.81. The predicted molar refractivity (Wildman–Crippen MR) is 137 cm³/mol. The topological polar surface area (TPSA) is 120 Å². The van der Waals surface area contributed by atoms with Crippen LogP contribution in [0.2, 0.25) is 0 Å². The summed E-state index contributed by atoms with van der Waals surface area (Å²) in [6.45, 7) is -0.263. The van der Waals surface area contributed by atoms with Gasteiger partial charge in [0.05, 0.1) is 19.1 Å². The lowest BCUT2D eigenvalue weighted by Gasteiger charge is -2.31. The molecular formula is C27H29N3O7. The number of carbonyl (C=O) groups is 2. The van der Waals surface area contributed by atoms with Crippen molar-refractivity contribution in [2.75, 3.05) is 27.9 Å². The first kappa shape index (κ1) is 27.0. The second-order valence-corrected chi connectivity index (χ2v) is 8.07. The van der Waals surface area contributed by atoms with Crippen LogP contribution in [0.4, 0.5) is 5.69 Å². The van der Waals surface area contributed by atoms with E-state index in [1.54, 1.807) is 19.2 Å². The van der Waals surface area contributed by atoms with Crippen molar-refractivity contribution in [3.63, 3.8) is 0 Å². The van der Waals surface area contributed by atoms with Crippen molar-refractivity contribution in [2.24, 2.45) is 0 Å². The van der Waals surface area contributed by atoms with E-state index in [9.17, 15) is 19.7 Å². The van der Waals surface area contributed by atoms with E-state index in [-0.39, 0.29) is 29.6 Å². The average Bonchev–Trinajstić information content (AvgIpc) is 2.93. The number of ether oxygens (including phenoxy) is 3. The first-order valence-corrected chi connectivity index (χ1v) is 11.5. The number of hydrogen-bond acceptors (Lipinski definition) is 7. The number of nitro benzene ring substituents is 1. The number of benzene rings is 3.